The maximum Gasteiger partial charge on any atom is 0.272 e. The van der Waals surface area contributed by atoms with Crippen molar-refractivity contribution in [2.75, 3.05) is 0 Å². The van der Waals surface area contributed by atoms with Crippen molar-refractivity contribution in [3.05, 3.63) is 39.4 Å². The summed E-state index contributed by atoms with van der Waals surface area (Å²) in [5, 5.41) is 19.9. The molecule has 0 saturated carbocycles. The number of hydrogen-bond donors (Lipinski definition) is 1. The summed E-state index contributed by atoms with van der Waals surface area (Å²) in [5.41, 5.74) is 1.78. The van der Waals surface area contributed by atoms with E-state index in [1.807, 2.05) is 13.0 Å². The maximum atomic E-state index is 10.8. The van der Waals surface area contributed by atoms with E-state index in [0.29, 0.717) is 12.8 Å². The zero-order valence-electron chi connectivity index (χ0n) is 8.93. The fraction of sp³-hybridized carbons (Fsp3) is 0.455. The predicted molar refractivity (Wildman–Crippen MR) is 57.8 cm³/mol. The second-order valence-electron chi connectivity index (χ2n) is 3.72. The molecule has 4 nitrogen and oxygen atoms in total. The van der Waals surface area contributed by atoms with E-state index in [-0.39, 0.29) is 10.6 Å². The van der Waals surface area contributed by atoms with Crippen LogP contribution in [0.4, 0.5) is 5.69 Å². The molecule has 1 N–H and O–H groups in total. The van der Waals surface area contributed by atoms with Gasteiger partial charge in [0, 0.05) is 11.6 Å². The molecule has 0 aliphatic heterocycles. The number of hydrogen-bond acceptors (Lipinski definition) is 3. The van der Waals surface area contributed by atoms with Gasteiger partial charge in [-0.1, -0.05) is 12.1 Å². The zero-order chi connectivity index (χ0) is 11.4. The Hall–Kier alpha value is -1.42. The average molecular weight is 209 g/mol. The summed E-state index contributed by atoms with van der Waals surface area (Å²) in [4.78, 5) is 10.4. The van der Waals surface area contributed by atoms with Crippen LogP contribution in [0, 0.1) is 17.0 Å². The van der Waals surface area contributed by atoms with Gasteiger partial charge >= 0.3 is 0 Å². The number of rotatable bonds is 4. The normalized spacial score (nSPS) is 12.5. The lowest BCUT2D eigenvalue weighted by Gasteiger charge is -2.07. The third-order valence-corrected chi connectivity index (χ3v) is 2.39. The summed E-state index contributed by atoms with van der Waals surface area (Å²) in [6.07, 6.45) is 0.663. The lowest BCUT2D eigenvalue weighted by atomic mass is 10.0. The summed E-state index contributed by atoms with van der Waals surface area (Å²) in [6.45, 7) is 3.54. The summed E-state index contributed by atoms with van der Waals surface area (Å²) >= 11 is 0. The Morgan fingerprint density at radius 1 is 1.53 bits per heavy atom. The minimum absolute atomic E-state index is 0.149. The van der Waals surface area contributed by atoms with Gasteiger partial charge < -0.3 is 5.11 Å². The van der Waals surface area contributed by atoms with E-state index in [9.17, 15) is 10.1 Å². The van der Waals surface area contributed by atoms with E-state index in [4.69, 9.17) is 5.11 Å². The topological polar surface area (TPSA) is 63.4 Å². The Bertz CT molecular complexity index is 361. The van der Waals surface area contributed by atoms with Crippen molar-refractivity contribution in [2.24, 2.45) is 0 Å². The number of aryl methyl sites for hydroxylation is 1. The molecule has 0 amide bonds. The van der Waals surface area contributed by atoms with Gasteiger partial charge in [0.25, 0.3) is 5.69 Å². The highest BCUT2D eigenvalue weighted by Gasteiger charge is 2.15. The fourth-order valence-corrected chi connectivity index (χ4v) is 1.54. The van der Waals surface area contributed by atoms with Gasteiger partial charge in [0.1, 0.15) is 0 Å². The molecule has 0 heterocycles. The molecule has 1 aromatic carbocycles. The van der Waals surface area contributed by atoms with E-state index in [0.717, 1.165) is 11.1 Å². The molecule has 0 aromatic heterocycles. The Balaban J connectivity index is 2.97. The number of nitro benzene ring substituents is 1. The molecule has 15 heavy (non-hydrogen) atoms. The molecule has 4 heteroatoms. The highest BCUT2D eigenvalue weighted by molar-refractivity contribution is 5.45. The van der Waals surface area contributed by atoms with Gasteiger partial charge in [-0.05, 0) is 32.3 Å². The van der Waals surface area contributed by atoms with Crippen LogP contribution in [-0.4, -0.2) is 16.1 Å². The van der Waals surface area contributed by atoms with Crippen molar-refractivity contribution >= 4 is 5.69 Å². The summed E-state index contributed by atoms with van der Waals surface area (Å²) in [6, 6.07) is 5.04. The first-order valence-corrected chi connectivity index (χ1v) is 4.93. The molecule has 0 fully saturated rings. The van der Waals surface area contributed by atoms with Crippen LogP contribution in [-0.2, 0) is 6.42 Å². The van der Waals surface area contributed by atoms with Crippen LogP contribution in [0.5, 0.6) is 0 Å². The number of nitrogens with zero attached hydrogens (tertiary/aromatic N) is 1. The third kappa shape index (κ3) is 3.02. The van der Waals surface area contributed by atoms with Crippen molar-refractivity contribution in [3.8, 4) is 0 Å². The molecule has 0 radical (unpaired) electrons. The zero-order valence-corrected chi connectivity index (χ0v) is 8.93. The lowest BCUT2D eigenvalue weighted by molar-refractivity contribution is -0.385. The van der Waals surface area contributed by atoms with Crippen LogP contribution in [0.25, 0.3) is 0 Å². The number of nitro groups is 1. The van der Waals surface area contributed by atoms with Crippen molar-refractivity contribution in [1.29, 1.82) is 0 Å². The van der Waals surface area contributed by atoms with Crippen LogP contribution < -0.4 is 0 Å². The summed E-state index contributed by atoms with van der Waals surface area (Å²) in [7, 11) is 0. The lowest BCUT2D eigenvalue weighted by Crippen LogP contribution is -2.04. The molecule has 0 aliphatic rings. The quantitative estimate of drug-likeness (QED) is 0.610. The minimum atomic E-state index is -0.427. The molecule has 1 rings (SSSR count). The molecular formula is C11H15NO3. The van der Waals surface area contributed by atoms with Gasteiger partial charge in [0.2, 0.25) is 0 Å². The molecule has 0 unspecified atom stereocenters. The van der Waals surface area contributed by atoms with Crippen LogP contribution >= 0.6 is 0 Å². The molecular weight excluding hydrogens is 194 g/mol. The van der Waals surface area contributed by atoms with Gasteiger partial charge in [-0.25, -0.2) is 0 Å². The first kappa shape index (κ1) is 11.7. The molecule has 0 spiro atoms. The second-order valence-corrected chi connectivity index (χ2v) is 3.72. The fourth-order valence-electron chi connectivity index (χ4n) is 1.54. The van der Waals surface area contributed by atoms with Crippen LogP contribution in [0.15, 0.2) is 18.2 Å². The SMILES string of the molecule is Cc1cccc([N+](=O)[O-])c1CC[C@H](C)O. The van der Waals surface area contributed by atoms with Crippen LogP contribution in [0.3, 0.4) is 0 Å². The summed E-state index contributed by atoms with van der Waals surface area (Å²) in [5.74, 6) is 0. The Morgan fingerprint density at radius 2 is 2.20 bits per heavy atom. The van der Waals surface area contributed by atoms with Crippen molar-refractivity contribution in [3.63, 3.8) is 0 Å². The minimum Gasteiger partial charge on any atom is -0.393 e. The van der Waals surface area contributed by atoms with E-state index in [1.54, 1.807) is 13.0 Å². The second kappa shape index (κ2) is 4.89. The number of aliphatic hydroxyl groups is 1. The molecule has 0 aliphatic carbocycles. The molecule has 1 atom stereocenters. The predicted octanol–water partition coefficient (Wildman–Crippen LogP) is 2.22. The third-order valence-electron chi connectivity index (χ3n) is 2.39. The Labute approximate surface area is 88.7 Å². The van der Waals surface area contributed by atoms with Crippen LogP contribution in [0.1, 0.15) is 24.5 Å². The highest BCUT2D eigenvalue weighted by atomic mass is 16.6. The van der Waals surface area contributed by atoms with Crippen LogP contribution in [0.2, 0.25) is 0 Å². The maximum absolute atomic E-state index is 10.8. The van der Waals surface area contributed by atoms with E-state index < -0.39 is 6.10 Å². The van der Waals surface area contributed by atoms with Gasteiger partial charge in [0.15, 0.2) is 0 Å². The first-order chi connectivity index (χ1) is 7.02. The number of benzene rings is 1. The average Bonchev–Trinajstić information content (AvgIpc) is 2.15. The molecule has 0 bridgehead atoms. The van der Waals surface area contributed by atoms with Gasteiger partial charge in [-0.2, -0.15) is 0 Å². The Kier molecular flexibility index (Phi) is 3.80. The van der Waals surface area contributed by atoms with Gasteiger partial charge in [0.05, 0.1) is 11.0 Å². The molecule has 82 valence electrons. The summed E-state index contributed by atoms with van der Waals surface area (Å²) < 4.78 is 0. The highest BCUT2D eigenvalue weighted by Crippen LogP contribution is 2.23. The van der Waals surface area contributed by atoms with Gasteiger partial charge in [-0.3, -0.25) is 10.1 Å². The van der Waals surface area contributed by atoms with Crippen molar-refractivity contribution in [1.82, 2.24) is 0 Å². The Morgan fingerprint density at radius 3 is 2.73 bits per heavy atom. The van der Waals surface area contributed by atoms with Crippen molar-refractivity contribution < 1.29 is 10.0 Å². The standard InChI is InChI=1S/C11H15NO3/c1-8-4-3-5-11(12(14)15)10(8)7-6-9(2)13/h3-5,9,13H,6-7H2,1-2H3/t9-/m0/s1. The molecule has 1 aromatic rings. The number of aliphatic hydroxyl groups excluding tert-OH is 1. The van der Waals surface area contributed by atoms with Gasteiger partial charge in [-0.15, -0.1) is 0 Å². The largest absolute Gasteiger partial charge is 0.393 e. The monoisotopic (exact) mass is 209 g/mol. The van der Waals surface area contributed by atoms with E-state index in [1.165, 1.54) is 6.07 Å². The van der Waals surface area contributed by atoms with Crippen molar-refractivity contribution in [2.45, 2.75) is 32.8 Å². The smallest absolute Gasteiger partial charge is 0.272 e. The van der Waals surface area contributed by atoms with E-state index in [2.05, 4.69) is 0 Å². The first-order valence-electron chi connectivity index (χ1n) is 4.93. The molecule has 0 saturated heterocycles. The van der Waals surface area contributed by atoms with E-state index >= 15 is 0 Å².